The SMILES string of the molecule is CCCCc1nc(C)cc(=O)n1Cc1ccc(OCc2c(C(=O)O)ccc3ccccc23)cc1. The molecule has 6 heteroatoms. The Labute approximate surface area is 198 Å². The molecule has 1 heterocycles. The van der Waals surface area contributed by atoms with E-state index in [9.17, 15) is 14.7 Å². The van der Waals surface area contributed by atoms with E-state index < -0.39 is 5.97 Å². The maximum atomic E-state index is 12.6. The third kappa shape index (κ3) is 5.17. The van der Waals surface area contributed by atoms with Crippen molar-refractivity contribution in [3.63, 3.8) is 0 Å². The van der Waals surface area contributed by atoms with Gasteiger partial charge < -0.3 is 9.84 Å². The van der Waals surface area contributed by atoms with Crippen LogP contribution in [0.1, 0.15) is 52.8 Å². The van der Waals surface area contributed by atoms with Gasteiger partial charge in [0.1, 0.15) is 18.2 Å². The number of aryl methyl sites for hydroxylation is 2. The molecule has 0 unspecified atom stereocenters. The number of aromatic nitrogens is 2. The summed E-state index contributed by atoms with van der Waals surface area (Å²) in [5.74, 6) is 0.466. The highest BCUT2D eigenvalue weighted by atomic mass is 16.5. The van der Waals surface area contributed by atoms with Crippen LogP contribution < -0.4 is 10.3 Å². The highest BCUT2D eigenvalue weighted by Crippen LogP contribution is 2.25. The second-order valence-electron chi connectivity index (χ2n) is 8.39. The number of hydrogen-bond acceptors (Lipinski definition) is 4. The van der Waals surface area contributed by atoms with Crippen LogP contribution in [-0.4, -0.2) is 20.6 Å². The van der Waals surface area contributed by atoms with Crippen molar-refractivity contribution < 1.29 is 14.6 Å². The van der Waals surface area contributed by atoms with Gasteiger partial charge in [0.15, 0.2) is 0 Å². The Hall–Kier alpha value is -3.93. The highest BCUT2D eigenvalue weighted by molar-refractivity contribution is 5.97. The number of benzene rings is 3. The minimum atomic E-state index is -0.976. The highest BCUT2D eigenvalue weighted by Gasteiger charge is 2.14. The fourth-order valence-electron chi connectivity index (χ4n) is 4.10. The molecule has 0 spiro atoms. The van der Waals surface area contributed by atoms with Gasteiger partial charge in [0.05, 0.1) is 12.1 Å². The third-order valence-corrected chi connectivity index (χ3v) is 5.89. The maximum absolute atomic E-state index is 12.6. The zero-order valence-electron chi connectivity index (χ0n) is 19.5. The van der Waals surface area contributed by atoms with E-state index in [1.807, 2.05) is 61.5 Å². The zero-order valence-corrected chi connectivity index (χ0v) is 19.5. The van der Waals surface area contributed by atoms with Crippen molar-refractivity contribution in [3.8, 4) is 5.75 Å². The van der Waals surface area contributed by atoms with Gasteiger partial charge in [0.25, 0.3) is 5.56 Å². The summed E-state index contributed by atoms with van der Waals surface area (Å²) < 4.78 is 7.70. The van der Waals surface area contributed by atoms with E-state index in [-0.39, 0.29) is 17.7 Å². The minimum Gasteiger partial charge on any atom is -0.489 e. The molecular weight excluding hydrogens is 428 g/mol. The van der Waals surface area contributed by atoms with Crippen molar-refractivity contribution in [3.05, 3.63) is 105 Å². The second-order valence-corrected chi connectivity index (χ2v) is 8.39. The number of hydrogen-bond donors (Lipinski definition) is 1. The lowest BCUT2D eigenvalue weighted by molar-refractivity contribution is 0.0694. The molecule has 0 fully saturated rings. The molecule has 0 saturated heterocycles. The van der Waals surface area contributed by atoms with Crippen molar-refractivity contribution in [2.24, 2.45) is 0 Å². The molecule has 1 aromatic heterocycles. The van der Waals surface area contributed by atoms with Crippen molar-refractivity contribution in [2.45, 2.75) is 46.3 Å². The monoisotopic (exact) mass is 456 g/mol. The third-order valence-electron chi connectivity index (χ3n) is 5.89. The van der Waals surface area contributed by atoms with Crippen LogP contribution in [0.3, 0.4) is 0 Å². The first kappa shape index (κ1) is 23.2. The van der Waals surface area contributed by atoms with E-state index in [2.05, 4.69) is 11.9 Å². The lowest BCUT2D eigenvalue weighted by Crippen LogP contribution is -2.25. The average Bonchev–Trinajstić information content (AvgIpc) is 2.83. The van der Waals surface area contributed by atoms with E-state index in [4.69, 9.17) is 4.74 Å². The number of carboxylic acids is 1. The number of unbranched alkanes of at least 4 members (excludes halogenated alkanes) is 1. The fraction of sp³-hybridized carbons (Fsp3) is 0.250. The van der Waals surface area contributed by atoms with Crippen LogP contribution in [0.2, 0.25) is 0 Å². The summed E-state index contributed by atoms with van der Waals surface area (Å²) in [5, 5.41) is 11.5. The van der Waals surface area contributed by atoms with Crippen molar-refractivity contribution >= 4 is 16.7 Å². The largest absolute Gasteiger partial charge is 0.489 e. The van der Waals surface area contributed by atoms with Gasteiger partial charge in [-0.15, -0.1) is 0 Å². The molecule has 6 nitrogen and oxygen atoms in total. The molecule has 0 amide bonds. The molecule has 3 aromatic carbocycles. The first-order valence-corrected chi connectivity index (χ1v) is 11.5. The van der Waals surface area contributed by atoms with Crippen LogP contribution in [0, 0.1) is 6.92 Å². The van der Waals surface area contributed by atoms with Crippen LogP contribution in [0.5, 0.6) is 5.75 Å². The Kier molecular flexibility index (Phi) is 7.07. The standard InChI is InChI=1S/C28H28N2O4/c1-3-4-9-26-29-19(2)16-27(31)30(26)17-20-10-13-22(14-11-20)34-18-25-23-8-6-5-7-21(23)12-15-24(25)28(32)33/h5-8,10-16H,3-4,9,17-18H2,1-2H3,(H,32,33). The smallest absolute Gasteiger partial charge is 0.336 e. The number of rotatable bonds is 9. The Morgan fingerprint density at radius 2 is 1.82 bits per heavy atom. The molecule has 0 radical (unpaired) electrons. The molecule has 0 aliphatic heterocycles. The van der Waals surface area contributed by atoms with Gasteiger partial charge >= 0.3 is 5.97 Å². The van der Waals surface area contributed by atoms with E-state index >= 15 is 0 Å². The topological polar surface area (TPSA) is 81.4 Å². The van der Waals surface area contributed by atoms with Gasteiger partial charge in [-0.1, -0.05) is 55.8 Å². The predicted molar refractivity (Wildman–Crippen MR) is 133 cm³/mol. The van der Waals surface area contributed by atoms with E-state index in [0.29, 0.717) is 17.9 Å². The number of ether oxygens (including phenoxy) is 1. The van der Waals surface area contributed by atoms with Crippen LogP contribution >= 0.6 is 0 Å². The molecule has 0 atom stereocenters. The quantitative estimate of drug-likeness (QED) is 0.366. The summed E-state index contributed by atoms with van der Waals surface area (Å²) in [5.41, 5.74) is 2.55. The molecule has 34 heavy (non-hydrogen) atoms. The van der Waals surface area contributed by atoms with Crippen molar-refractivity contribution in [1.82, 2.24) is 9.55 Å². The Morgan fingerprint density at radius 1 is 1.06 bits per heavy atom. The molecule has 0 aliphatic carbocycles. The summed E-state index contributed by atoms with van der Waals surface area (Å²) in [7, 11) is 0. The summed E-state index contributed by atoms with van der Waals surface area (Å²) in [4.78, 5) is 28.9. The molecule has 0 aliphatic rings. The minimum absolute atomic E-state index is 0.0453. The number of nitrogens with zero attached hydrogens (tertiary/aromatic N) is 2. The van der Waals surface area contributed by atoms with E-state index in [1.54, 1.807) is 16.7 Å². The van der Waals surface area contributed by atoms with Crippen LogP contribution in [0.4, 0.5) is 0 Å². The van der Waals surface area contributed by atoms with Crippen molar-refractivity contribution in [2.75, 3.05) is 0 Å². The number of carbonyl (C=O) groups is 1. The van der Waals surface area contributed by atoms with E-state index in [0.717, 1.165) is 47.1 Å². The maximum Gasteiger partial charge on any atom is 0.336 e. The van der Waals surface area contributed by atoms with Gasteiger partial charge in [-0.05, 0) is 47.9 Å². The van der Waals surface area contributed by atoms with Crippen LogP contribution in [0.25, 0.3) is 10.8 Å². The Bertz CT molecular complexity index is 1370. The van der Waals surface area contributed by atoms with E-state index in [1.165, 1.54) is 0 Å². The summed E-state index contributed by atoms with van der Waals surface area (Å²) in [6.07, 6.45) is 2.79. The van der Waals surface area contributed by atoms with Gasteiger partial charge in [0.2, 0.25) is 0 Å². The summed E-state index contributed by atoms with van der Waals surface area (Å²) >= 11 is 0. The first-order valence-electron chi connectivity index (χ1n) is 11.5. The van der Waals surface area contributed by atoms with Crippen molar-refractivity contribution in [1.29, 1.82) is 0 Å². The Balaban J connectivity index is 1.53. The number of fused-ring (bicyclic) bond motifs is 1. The lowest BCUT2D eigenvalue weighted by atomic mass is 9.99. The molecule has 0 saturated carbocycles. The molecule has 0 bridgehead atoms. The van der Waals surface area contributed by atoms with Gasteiger partial charge in [-0.2, -0.15) is 0 Å². The first-order chi connectivity index (χ1) is 16.5. The van der Waals surface area contributed by atoms with Gasteiger partial charge in [-0.3, -0.25) is 9.36 Å². The van der Waals surface area contributed by atoms with Gasteiger partial charge in [0, 0.05) is 23.7 Å². The predicted octanol–water partition coefficient (Wildman–Crippen LogP) is 5.37. The molecule has 4 rings (SSSR count). The molecule has 1 N–H and O–H groups in total. The van der Waals surface area contributed by atoms with Crippen LogP contribution in [0.15, 0.2) is 71.5 Å². The number of carboxylic acid groups (broad SMARTS) is 1. The van der Waals surface area contributed by atoms with Gasteiger partial charge in [-0.25, -0.2) is 9.78 Å². The normalized spacial score (nSPS) is 11.0. The Morgan fingerprint density at radius 3 is 2.56 bits per heavy atom. The lowest BCUT2D eigenvalue weighted by Gasteiger charge is -2.14. The van der Waals surface area contributed by atoms with Crippen LogP contribution in [-0.2, 0) is 19.6 Å². The fourth-order valence-corrected chi connectivity index (χ4v) is 4.10. The molecular formula is C28H28N2O4. The summed E-state index contributed by atoms with van der Waals surface area (Å²) in [6, 6.07) is 20.2. The molecule has 4 aromatic rings. The average molecular weight is 457 g/mol. The number of aromatic carboxylic acids is 1. The molecule has 174 valence electrons. The zero-order chi connectivity index (χ0) is 24.1. The second kappa shape index (κ2) is 10.3. The summed E-state index contributed by atoms with van der Waals surface area (Å²) in [6.45, 7) is 4.55.